The maximum Gasteiger partial charge on any atom is 0.414 e. The number of rotatable bonds is 3. The zero-order valence-corrected chi connectivity index (χ0v) is 15.7. The van der Waals surface area contributed by atoms with Crippen LogP contribution in [-0.4, -0.2) is 53.3 Å². The first-order valence-electron chi connectivity index (χ1n) is 8.48. The van der Waals surface area contributed by atoms with E-state index in [-0.39, 0.29) is 6.10 Å². The Balaban J connectivity index is 0.000000380. The summed E-state index contributed by atoms with van der Waals surface area (Å²) in [5, 5.41) is 15.5. The smallest absolute Gasteiger partial charge is 0.414 e. The van der Waals surface area contributed by atoms with Gasteiger partial charge in [-0.3, -0.25) is 0 Å². The molecule has 0 aromatic heterocycles. The van der Waals surface area contributed by atoms with Gasteiger partial charge in [-0.15, -0.1) is 0 Å². The van der Waals surface area contributed by atoms with Crippen LogP contribution in [0.5, 0.6) is 5.75 Å². The van der Waals surface area contributed by atoms with Gasteiger partial charge >= 0.3 is 11.9 Å². The summed E-state index contributed by atoms with van der Waals surface area (Å²) in [7, 11) is 2.18. The molecular formula is C20H22ClNO5. The van der Waals surface area contributed by atoms with Crippen LogP contribution in [-0.2, 0) is 9.59 Å². The van der Waals surface area contributed by atoms with Gasteiger partial charge in [-0.1, -0.05) is 41.9 Å². The molecule has 6 nitrogen and oxygen atoms in total. The zero-order chi connectivity index (χ0) is 19.8. The Morgan fingerprint density at radius 2 is 1.63 bits per heavy atom. The van der Waals surface area contributed by atoms with Crippen molar-refractivity contribution < 1.29 is 24.5 Å². The molecule has 144 valence electrons. The molecule has 3 rings (SSSR count). The highest BCUT2D eigenvalue weighted by atomic mass is 35.5. The van der Waals surface area contributed by atoms with Crippen molar-refractivity contribution in [1.29, 1.82) is 0 Å². The molecule has 7 heteroatoms. The van der Waals surface area contributed by atoms with Crippen molar-refractivity contribution in [1.82, 2.24) is 4.90 Å². The average Bonchev–Trinajstić information content (AvgIpc) is 2.66. The van der Waals surface area contributed by atoms with Crippen molar-refractivity contribution in [2.24, 2.45) is 0 Å². The molecule has 1 fully saturated rings. The lowest BCUT2D eigenvalue weighted by atomic mass is 9.88. The Morgan fingerprint density at radius 3 is 2.19 bits per heavy atom. The fourth-order valence-electron chi connectivity index (χ4n) is 2.94. The predicted octanol–water partition coefficient (Wildman–Crippen LogP) is 3.36. The van der Waals surface area contributed by atoms with Gasteiger partial charge in [-0.2, -0.15) is 0 Å². The van der Waals surface area contributed by atoms with Crippen molar-refractivity contribution in [3.63, 3.8) is 0 Å². The summed E-state index contributed by atoms with van der Waals surface area (Å²) in [6.07, 6.45) is 1.25. The summed E-state index contributed by atoms with van der Waals surface area (Å²) in [6.45, 7) is 2.10. The highest BCUT2D eigenvalue weighted by Gasteiger charge is 2.30. The third kappa shape index (κ3) is 6.58. The molecule has 2 unspecified atom stereocenters. The number of ether oxygens (including phenoxy) is 1. The van der Waals surface area contributed by atoms with E-state index in [1.54, 1.807) is 0 Å². The standard InChI is InChI=1S/C18H20ClNO.C2H2O4/c1-20-12-11-18(21-16-9-7-15(19)8-10-16)17(13-20)14-5-3-2-4-6-14;3-1(4)2(5)6/h2-10,17-18H,11-13H2,1H3;(H,3,4)(H,5,6). The van der Waals surface area contributed by atoms with Crippen LogP contribution in [0.4, 0.5) is 0 Å². The van der Waals surface area contributed by atoms with Crippen molar-refractivity contribution in [2.45, 2.75) is 18.4 Å². The number of aliphatic carboxylic acids is 2. The SMILES string of the molecule is CN1CCC(Oc2ccc(Cl)cc2)C(c2ccccc2)C1.O=C(O)C(=O)O. The number of likely N-dealkylation sites (N-methyl/N-ethyl adjacent to an activating group) is 1. The third-order valence-corrected chi connectivity index (χ3v) is 4.52. The summed E-state index contributed by atoms with van der Waals surface area (Å²) in [6, 6.07) is 18.3. The van der Waals surface area contributed by atoms with Gasteiger partial charge in [0.05, 0.1) is 0 Å². The first kappa shape index (κ1) is 20.7. The summed E-state index contributed by atoms with van der Waals surface area (Å²) >= 11 is 5.94. The fraction of sp³-hybridized carbons (Fsp3) is 0.300. The number of carbonyl (C=O) groups is 2. The van der Waals surface area contributed by atoms with Crippen LogP contribution in [0.3, 0.4) is 0 Å². The second-order valence-electron chi connectivity index (χ2n) is 6.29. The van der Waals surface area contributed by atoms with Crippen LogP contribution in [0.25, 0.3) is 0 Å². The fourth-order valence-corrected chi connectivity index (χ4v) is 3.07. The Labute approximate surface area is 162 Å². The van der Waals surface area contributed by atoms with Crippen LogP contribution in [0.2, 0.25) is 5.02 Å². The van der Waals surface area contributed by atoms with Crippen LogP contribution < -0.4 is 4.74 Å². The van der Waals surface area contributed by atoms with Crippen LogP contribution in [0.15, 0.2) is 54.6 Å². The molecule has 0 spiro atoms. The van der Waals surface area contributed by atoms with Gasteiger partial charge in [0.1, 0.15) is 11.9 Å². The summed E-state index contributed by atoms with van der Waals surface area (Å²) in [4.78, 5) is 20.6. The third-order valence-electron chi connectivity index (χ3n) is 4.26. The van der Waals surface area contributed by atoms with E-state index in [0.717, 1.165) is 30.3 Å². The second kappa shape index (κ2) is 9.94. The summed E-state index contributed by atoms with van der Waals surface area (Å²) in [5.74, 6) is -2.35. The van der Waals surface area contributed by atoms with Gasteiger partial charge in [0, 0.05) is 24.0 Å². The van der Waals surface area contributed by atoms with Crippen LogP contribution in [0.1, 0.15) is 17.9 Å². The molecule has 0 bridgehead atoms. The number of nitrogens with zero attached hydrogens (tertiary/aromatic N) is 1. The molecule has 0 amide bonds. The average molecular weight is 392 g/mol. The zero-order valence-electron chi connectivity index (χ0n) is 14.9. The van der Waals surface area contributed by atoms with Gasteiger partial charge in [0.15, 0.2) is 0 Å². The van der Waals surface area contributed by atoms with Gasteiger partial charge in [0.25, 0.3) is 0 Å². The Morgan fingerprint density at radius 1 is 1.04 bits per heavy atom. The lowest BCUT2D eigenvalue weighted by Crippen LogP contribution is -2.42. The number of carboxylic acid groups (broad SMARTS) is 2. The first-order valence-corrected chi connectivity index (χ1v) is 8.86. The topological polar surface area (TPSA) is 87.1 Å². The molecule has 0 aliphatic carbocycles. The van der Waals surface area contributed by atoms with Gasteiger partial charge in [-0.25, -0.2) is 9.59 Å². The summed E-state index contributed by atoms with van der Waals surface area (Å²) < 4.78 is 6.24. The molecule has 1 heterocycles. The lowest BCUT2D eigenvalue weighted by Gasteiger charge is -2.37. The van der Waals surface area contributed by atoms with Crippen molar-refractivity contribution in [3.05, 3.63) is 65.2 Å². The molecule has 2 N–H and O–H groups in total. The predicted molar refractivity (Wildman–Crippen MR) is 102 cm³/mol. The van der Waals surface area contributed by atoms with Gasteiger partial charge < -0.3 is 19.8 Å². The van der Waals surface area contributed by atoms with Crippen LogP contribution >= 0.6 is 11.6 Å². The van der Waals surface area contributed by atoms with Gasteiger partial charge in [-0.05, 0) is 43.3 Å². The first-order chi connectivity index (χ1) is 12.9. The molecule has 0 radical (unpaired) electrons. The van der Waals surface area contributed by atoms with E-state index in [0.29, 0.717) is 5.92 Å². The van der Waals surface area contributed by atoms with E-state index >= 15 is 0 Å². The quantitative estimate of drug-likeness (QED) is 0.780. The Kier molecular flexibility index (Phi) is 7.64. The van der Waals surface area contributed by atoms with Crippen molar-refractivity contribution >= 4 is 23.5 Å². The Hall–Kier alpha value is -2.57. The minimum atomic E-state index is -1.82. The van der Waals surface area contributed by atoms with E-state index in [1.807, 2.05) is 24.3 Å². The molecule has 1 saturated heterocycles. The normalized spacial score (nSPS) is 19.5. The number of likely N-dealkylation sites (tertiary alicyclic amines) is 1. The molecule has 2 aromatic carbocycles. The molecule has 1 aliphatic rings. The number of halogens is 1. The van der Waals surface area contributed by atoms with E-state index in [1.165, 1.54) is 5.56 Å². The van der Waals surface area contributed by atoms with Crippen molar-refractivity contribution in [3.8, 4) is 5.75 Å². The van der Waals surface area contributed by atoms with E-state index in [4.69, 9.17) is 36.1 Å². The maximum atomic E-state index is 9.10. The van der Waals surface area contributed by atoms with Gasteiger partial charge in [0.2, 0.25) is 0 Å². The second-order valence-corrected chi connectivity index (χ2v) is 6.73. The number of piperidine rings is 1. The molecule has 2 atom stereocenters. The highest BCUT2D eigenvalue weighted by molar-refractivity contribution is 6.30. The van der Waals surface area contributed by atoms with E-state index in [2.05, 4.69) is 42.3 Å². The van der Waals surface area contributed by atoms with E-state index < -0.39 is 11.9 Å². The number of hydrogen-bond donors (Lipinski definition) is 2. The molecule has 1 aliphatic heterocycles. The monoisotopic (exact) mass is 391 g/mol. The number of benzene rings is 2. The molecular weight excluding hydrogens is 370 g/mol. The van der Waals surface area contributed by atoms with Crippen LogP contribution in [0, 0.1) is 0 Å². The lowest BCUT2D eigenvalue weighted by molar-refractivity contribution is -0.159. The minimum absolute atomic E-state index is 0.213. The molecule has 0 saturated carbocycles. The van der Waals surface area contributed by atoms with Crippen molar-refractivity contribution in [2.75, 3.05) is 20.1 Å². The molecule has 27 heavy (non-hydrogen) atoms. The largest absolute Gasteiger partial charge is 0.490 e. The minimum Gasteiger partial charge on any atom is -0.490 e. The highest BCUT2D eigenvalue weighted by Crippen LogP contribution is 2.30. The number of hydrogen-bond acceptors (Lipinski definition) is 4. The molecule has 2 aromatic rings. The maximum absolute atomic E-state index is 9.10. The van der Waals surface area contributed by atoms with E-state index in [9.17, 15) is 0 Å². The Bertz CT molecular complexity index is 739. The number of carboxylic acids is 2. The summed E-state index contributed by atoms with van der Waals surface area (Å²) in [5.41, 5.74) is 1.35.